The summed E-state index contributed by atoms with van der Waals surface area (Å²) in [6, 6.07) is 4.67. The van der Waals surface area contributed by atoms with Crippen molar-refractivity contribution in [2.75, 3.05) is 6.54 Å². The molecule has 0 saturated heterocycles. The molecule has 0 aliphatic carbocycles. The first-order chi connectivity index (χ1) is 8.17. The number of aromatic nitrogens is 1. The number of pyridine rings is 1. The summed E-state index contributed by atoms with van der Waals surface area (Å²) < 4.78 is 0. The van der Waals surface area contributed by atoms with Gasteiger partial charge in [0.15, 0.2) is 0 Å². The molecule has 1 rings (SSSR count). The molecule has 0 radical (unpaired) electrons. The van der Waals surface area contributed by atoms with E-state index in [0.717, 1.165) is 12.5 Å². The molecule has 0 fully saturated rings. The Labute approximate surface area is 106 Å². The fourth-order valence-electron chi connectivity index (χ4n) is 1.95. The number of rotatable bonds is 7. The van der Waals surface area contributed by atoms with Crippen LogP contribution in [-0.2, 0) is 0 Å². The normalized spacial score (nSPS) is 14.6. The van der Waals surface area contributed by atoms with E-state index in [4.69, 9.17) is 0 Å². The van der Waals surface area contributed by atoms with Gasteiger partial charge in [0.05, 0.1) is 5.69 Å². The molecule has 0 aromatic carbocycles. The quantitative estimate of drug-likeness (QED) is 0.774. The minimum atomic E-state index is 0.407. The van der Waals surface area contributed by atoms with Crippen molar-refractivity contribution in [2.45, 2.75) is 53.0 Å². The second-order valence-electron chi connectivity index (χ2n) is 5.01. The topological polar surface area (TPSA) is 24.9 Å². The molecule has 0 saturated carbocycles. The number of hydrogen-bond donors (Lipinski definition) is 1. The largest absolute Gasteiger partial charge is 0.309 e. The molecule has 2 nitrogen and oxygen atoms in total. The third-order valence-corrected chi connectivity index (χ3v) is 3.27. The van der Waals surface area contributed by atoms with Gasteiger partial charge in [-0.3, -0.25) is 4.98 Å². The lowest BCUT2D eigenvalue weighted by atomic mass is 9.96. The zero-order valence-corrected chi connectivity index (χ0v) is 11.7. The zero-order valence-electron chi connectivity index (χ0n) is 11.7. The molecule has 17 heavy (non-hydrogen) atoms. The Balaban J connectivity index is 2.74. The third-order valence-electron chi connectivity index (χ3n) is 3.27. The summed E-state index contributed by atoms with van der Waals surface area (Å²) in [5.74, 6) is 0.742. The first-order valence-corrected chi connectivity index (χ1v) is 6.83. The molecule has 0 aliphatic heterocycles. The summed E-state index contributed by atoms with van der Waals surface area (Å²) in [5, 5.41) is 3.62. The van der Waals surface area contributed by atoms with E-state index in [0.29, 0.717) is 6.04 Å². The Kier molecular flexibility index (Phi) is 6.20. The predicted molar refractivity (Wildman–Crippen MR) is 74.1 cm³/mol. The highest BCUT2D eigenvalue weighted by Crippen LogP contribution is 2.22. The summed E-state index contributed by atoms with van der Waals surface area (Å²) in [4.78, 5) is 4.52. The van der Waals surface area contributed by atoms with Crippen LogP contribution in [-0.4, -0.2) is 11.5 Å². The van der Waals surface area contributed by atoms with Crippen LogP contribution in [0.15, 0.2) is 18.3 Å². The van der Waals surface area contributed by atoms with E-state index in [2.05, 4.69) is 50.1 Å². The first-order valence-electron chi connectivity index (χ1n) is 6.83. The third kappa shape index (κ3) is 4.86. The van der Waals surface area contributed by atoms with Crippen LogP contribution in [0.2, 0.25) is 0 Å². The Bertz CT molecular complexity index is 322. The van der Waals surface area contributed by atoms with Gasteiger partial charge in [-0.1, -0.05) is 27.2 Å². The van der Waals surface area contributed by atoms with E-state index >= 15 is 0 Å². The van der Waals surface area contributed by atoms with Crippen LogP contribution in [0.4, 0.5) is 0 Å². The van der Waals surface area contributed by atoms with Gasteiger partial charge in [0.1, 0.15) is 0 Å². The fraction of sp³-hybridized carbons (Fsp3) is 0.667. The number of aryl methyl sites for hydroxylation is 1. The van der Waals surface area contributed by atoms with Crippen molar-refractivity contribution in [1.82, 2.24) is 10.3 Å². The highest BCUT2D eigenvalue weighted by molar-refractivity contribution is 5.17. The standard InChI is InChI=1S/C15H26N2/c1-5-8-16-14(10-12(3)6-2)15-11-13(4)7-9-17-15/h7,9,11-12,14,16H,5-6,8,10H2,1-4H3. The van der Waals surface area contributed by atoms with Crippen LogP contribution < -0.4 is 5.32 Å². The summed E-state index contributed by atoms with van der Waals surface area (Å²) in [6.07, 6.45) is 5.49. The van der Waals surface area contributed by atoms with Crippen LogP contribution >= 0.6 is 0 Å². The molecule has 1 aromatic heterocycles. The van der Waals surface area contributed by atoms with Crippen LogP contribution in [0.3, 0.4) is 0 Å². The molecule has 1 N–H and O–H groups in total. The molecular formula is C15H26N2. The molecule has 0 spiro atoms. The molecule has 0 bridgehead atoms. The number of hydrogen-bond acceptors (Lipinski definition) is 2. The Morgan fingerprint density at radius 3 is 2.71 bits per heavy atom. The summed E-state index contributed by atoms with van der Waals surface area (Å²) >= 11 is 0. The summed E-state index contributed by atoms with van der Waals surface area (Å²) in [7, 11) is 0. The molecule has 2 atom stereocenters. The summed E-state index contributed by atoms with van der Waals surface area (Å²) in [5.41, 5.74) is 2.49. The minimum Gasteiger partial charge on any atom is -0.309 e. The molecule has 96 valence electrons. The van der Waals surface area contributed by atoms with Crippen molar-refractivity contribution in [3.8, 4) is 0 Å². The average Bonchev–Trinajstić information content (AvgIpc) is 2.34. The minimum absolute atomic E-state index is 0.407. The van der Waals surface area contributed by atoms with Crippen LogP contribution in [0.5, 0.6) is 0 Å². The molecule has 0 aliphatic rings. The van der Waals surface area contributed by atoms with E-state index in [1.807, 2.05) is 6.20 Å². The Morgan fingerprint density at radius 2 is 2.12 bits per heavy atom. The second kappa shape index (κ2) is 7.44. The van der Waals surface area contributed by atoms with Crippen molar-refractivity contribution >= 4 is 0 Å². The highest BCUT2D eigenvalue weighted by Gasteiger charge is 2.14. The smallest absolute Gasteiger partial charge is 0.0575 e. The second-order valence-corrected chi connectivity index (χ2v) is 5.01. The van der Waals surface area contributed by atoms with Gasteiger partial charge >= 0.3 is 0 Å². The van der Waals surface area contributed by atoms with Crippen LogP contribution in [0.1, 0.15) is 57.3 Å². The van der Waals surface area contributed by atoms with Crippen molar-refractivity contribution in [3.05, 3.63) is 29.6 Å². The summed E-state index contributed by atoms with van der Waals surface area (Å²) in [6.45, 7) is 9.97. The van der Waals surface area contributed by atoms with Crippen molar-refractivity contribution < 1.29 is 0 Å². The van der Waals surface area contributed by atoms with Gasteiger partial charge < -0.3 is 5.32 Å². The van der Waals surface area contributed by atoms with E-state index in [-0.39, 0.29) is 0 Å². The fourth-order valence-corrected chi connectivity index (χ4v) is 1.95. The first kappa shape index (κ1) is 14.2. The molecule has 2 unspecified atom stereocenters. The van der Waals surface area contributed by atoms with E-state index in [1.54, 1.807) is 0 Å². The van der Waals surface area contributed by atoms with Crippen molar-refractivity contribution in [3.63, 3.8) is 0 Å². The van der Waals surface area contributed by atoms with Crippen LogP contribution in [0, 0.1) is 12.8 Å². The van der Waals surface area contributed by atoms with Gasteiger partial charge in [0.25, 0.3) is 0 Å². The molecular weight excluding hydrogens is 208 g/mol. The van der Waals surface area contributed by atoms with E-state index < -0.39 is 0 Å². The SMILES string of the molecule is CCCNC(CC(C)CC)c1cc(C)ccn1. The number of nitrogens with zero attached hydrogens (tertiary/aromatic N) is 1. The molecule has 1 aromatic rings. The van der Waals surface area contributed by atoms with Crippen molar-refractivity contribution in [2.24, 2.45) is 5.92 Å². The monoisotopic (exact) mass is 234 g/mol. The maximum absolute atomic E-state index is 4.52. The lowest BCUT2D eigenvalue weighted by Gasteiger charge is -2.21. The highest BCUT2D eigenvalue weighted by atomic mass is 14.9. The Morgan fingerprint density at radius 1 is 1.35 bits per heavy atom. The molecule has 1 heterocycles. The van der Waals surface area contributed by atoms with E-state index in [1.165, 1.54) is 30.5 Å². The van der Waals surface area contributed by atoms with Crippen LogP contribution in [0.25, 0.3) is 0 Å². The van der Waals surface area contributed by atoms with Gasteiger partial charge in [-0.15, -0.1) is 0 Å². The maximum Gasteiger partial charge on any atom is 0.0575 e. The van der Waals surface area contributed by atoms with E-state index in [9.17, 15) is 0 Å². The molecule has 2 heteroatoms. The predicted octanol–water partition coefficient (Wildman–Crippen LogP) is 3.87. The lowest BCUT2D eigenvalue weighted by molar-refractivity contribution is 0.396. The maximum atomic E-state index is 4.52. The zero-order chi connectivity index (χ0) is 12.7. The lowest BCUT2D eigenvalue weighted by Crippen LogP contribution is -2.24. The van der Waals surface area contributed by atoms with Gasteiger partial charge in [-0.25, -0.2) is 0 Å². The van der Waals surface area contributed by atoms with Crippen molar-refractivity contribution in [1.29, 1.82) is 0 Å². The van der Waals surface area contributed by atoms with Gasteiger partial charge in [-0.2, -0.15) is 0 Å². The van der Waals surface area contributed by atoms with Gasteiger partial charge in [0, 0.05) is 12.2 Å². The number of nitrogens with one attached hydrogen (secondary N) is 1. The van der Waals surface area contributed by atoms with Gasteiger partial charge in [-0.05, 0) is 49.9 Å². The Hall–Kier alpha value is -0.890. The van der Waals surface area contributed by atoms with Gasteiger partial charge in [0.2, 0.25) is 0 Å². The average molecular weight is 234 g/mol. The molecule has 0 amide bonds.